The summed E-state index contributed by atoms with van der Waals surface area (Å²) < 4.78 is 12.1. The van der Waals surface area contributed by atoms with Crippen LogP contribution < -0.4 is 15.6 Å². The number of benzene rings is 1. The van der Waals surface area contributed by atoms with E-state index in [4.69, 9.17) is 14.6 Å². The maximum Gasteiger partial charge on any atom is 0.334 e. The summed E-state index contributed by atoms with van der Waals surface area (Å²) >= 11 is 0. The number of ether oxygens (including phenoxy) is 2. The Kier molecular flexibility index (Phi) is 8.37. The molecule has 0 aliphatic carbocycles. The second-order valence-corrected chi connectivity index (χ2v) is 8.32. The first-order valence-corrected chi connectivity index (χ1v) is 11.9. The molecule has 2 atom stereocenters. The first-order valence-electron chi connectivity index (χ1n) is 11.9. The molecule has 2 unspecified atom stereocenters. The lowest BCUT2D eigenvalue weighted by Crippen LogP contribution is -2.27. The van der Waals surface area contributed by atoms with Gasteiger partial charge in [-0.25, -0.2) is 4.79 Å². The molecule has 3 heterocycles. The lowest BCUT2D eigenvalue weighted by Gasteiger charge is -2.28. The minimum atomic E-state index is -1.11. The van der Waals surface area contributed by atoms with Crippen molar-refractivity contribution in [1.82, 2.24) is 4.57 Å². The molecule has 2 aromatic rings. The predicted molar refractivity (Wildman–Crippen MR) is 136 cm³/mol. The molecule has 1 aromatic heterocycles. The Morgan fingerprint density at radius 1 is 1.33 bits per heavy atom. The number of carboxylic acid groups (broad SMARTS) is 1. The Morgan fingerprint density at radius 2 is 2.06 bits per heavy atom. The van der Waals surface area contributed by atoms with Crippen LogP contribution in [-0.4, -0.2) is 33.8 Å². The number of aromatic nitrogens is 1. The first-order chi connectivity index (χ1) is 17.3. The molecule has 0 saturated carbocycles. The third kappa shape index (κ3) is 4.92. The van der Waals surface area contributed by atoms with Crippen LogP contribution in [-0.2, 0) is 27.5 Å². The number of fused-ring (bicyclic) bond motifs is 4. The fourth-order valence-corrected chi connectivity index (χ4v) is 4.60. The molecule has 3 N–H and O–H groups in total. The van der Waals surface area contributed by atoms with E-state index in [9.17, 15) is 19.5 Å². The van der Waals surface area contributed by atoms with Crippen molar-refractivity contribution < 1.29 is 29.3 Å². The summed E-state index contributed by atoms with van der Waals surface area (Å²) in [6, 6.07) is 7.03. The highest BCUT2D eigenvalue weighted by Crippen LogP contribution is 2.46. The van der Waals surface area contributed by atoms with Gasteiger partial charge in [0.1, 0.15) is 19.0 Å². The number of nitrogens with one attached hydrogen (secondary N) is 1. The zero-order valence-electron chi connectivity index (χ0n) is 21.0. The Bertz CT molecular complexity index is 1270. The second-order valence-electron chi connectivity index (χ2n) is 8.32. The van der Waals surface area contributed by atoms with E-state index in [1.54, 1.807) is 23.6 Å². The third-order valence-corrected chi connectivity index (χ3v) is 6.26. The lowest BCUT2D eigenvalue weighted by molar-refractivity contribution is -0.133. The molecule has 2 aliphatic rings. The highest BCUT2D eigenvalue weighted by atomic mass is 16.5. The molecule has 1 aromatic carbocycles. The van der Waals surface area contributed by atoms with Crippen LogP contribution in [0.1, 0.15) is 68.6 Å². The van der Waals surface area contributed by atoms with E-state index in [0.717, 1.165) is 28.1 Å². The van der Waals surface area contributed by atoms with E-state index in [1.807, 2.05) is 32.9 Å². The van der Waals surface area contributed by atoms with Crippen LogP contribution in [0.15, 0.2) is 46.8 Å². The molecule has 4 rings (SSSR count). The number of allylic oxidation sites excluding steroid dienone is 1. The Labute approximate surface area is 209 Å². The molecule has 0 radical (unpaired) electrons. The molecule has 0 saturated heterocycles. The van der Waals surface area contributed by atoms with Crippen molar-refractivity contribution >= 4 is 23.7 Å². The lowest BCUT2D eigenvalue weighted by atomic mass is 9.88. The van der Waals surface area contributed by atoms with E-state index >= 15 is 0 Å². The van der Waals surface area contributed by atoms with Crippen molar-refractivity contribution in [3.05, 3.63) is 74.7 Å². The second kappa shape index (κ2) is 11.3. The molecule has 36 heavy (non-hydrogen) atoms. The Balaban J connectivity index is 0.00000176. The highest BCUT2D eigenvalue weighted by molar-refractivity contribution is 5.86. The number of hydrogen-bond acceptors (Lipinski definition) is 7. The van der Waals surface area contributed by atoms with Gasteiger partial charge in [0.2, 0.25) is 0 Å². The summed E-state index contributed by atoms with van der Waals surface area (Å²) in [6.45, 7) is 11.4. The zero-order valence-corrected chi connectivity index (χ0v) is 21.0. The number of aliphatic hydroxyl groups excluding tert-OH is 1. The van der Waals surface area contributed by atoms with Gasteiger partial charge < -0.3 is 29.6 Å². The minimum Gasteiger partial charge on any atom is -0.489 e. The average molecular weight is 497 g/mol. The van der Waals surface area contributed by atoms with E-state index in [2.05, 4.69) is 11.9 Å². The van der Waals surface area contributed by atoms with Gasteiger partial charge >= 0.3 is 5.97 Å². The summed E-state index contributed by atoms with van der Waals surface area (Å²) in [7, 11) is 0. The number of aliphatic carboxylic acids is 1. The molecular formula is C27H32N2O7. The maximum atomic E-state index is 13.3. The number of nitrogens with zero attached hydrogens (tertiary/aromatic N) is 1. The maximum absolute atomic E-state index is 13.3. The summed E-state index contributed by atoms with van der Waals surface area (Å²) in [6.07, 6.45) is -0.197. The van der Waals surface area contributed by atoms with Crippen molar-refractivity contribution in [2.24, 2.45) is 0 Å². The summed E-state index contributed by atoms with van der Waals surface area (Å²) in [5.74, 6) is -0.590. The van der Waals surface area contributed by atoms with Gasteiger partial charge in [-0.05, 0) is 54.3 Å². The molecule has 0 spiro atoms. The van der Waals surface area contributed by atoms with Crippen molar-refractivity contribution in [2.45, 2.75) is 59.4 Å². The van der Waals surface area contributed by atoms with Gasteiger partial charge in [-0.15, -0.1) is 0 Å². The molecule has 192 valence electrons. The van der Waals surface area contributed by atoms with Crippen LogP contribution in [0.3, 0.4) is 0 Å². The van der Waals surface area contributed by atoms with Crippen molar-refractivity contribution in [2.75, 3.05) is 11.9 Å². The van der Waals surface area contributed by atoms with Gasteiger partial charge in [-0.2, -0.15) is 0 Å². The number of anilines is 1. The number of pyridine rings is 1. The number of hydrogen-bond donors (Lipinski definition) is 3. The largest absolute Gasteiger partial charge is 0.489 e. The molecular weight excluding hydrogens is 464 g/mol. The monoisotopic (exact) mass is 496 g/mol. The number of carboxylic acids is 1. The third-order valence-electron chi connectivity index (χ3n) is 6.26. The fourth-order valence-electron chi connectivity index (χ4n) is 4.60. The van der Waals surface area contributed by atoms with E-state index in [0.29, 0.717) is 24.3 Å². The van der Waals surface area contributed by atoms with Crippen molar-refractivity contribution in [3.63, 3.8) is 0 Å². The quantitative estimate of drug-likeness (QED) is 0.352. The topological polar surface area (TPSA) is 127 Å². The smallest absolute Gasteiger partial charge is 0.334 e. The van der Waals surface area contributed by atoms with Crippen LogP contribution in [0.2, 0.25) is 0 Å². The summed E-state index contributed by atoms with van der Waals surface area (Å²) in [5, 5.41) is 22.8. The van der Waals surface area contributed by atoms with Gasteiger partial charge in [0.25, 0.3) is 12.0 Å². The molecule has 2 aliphatic heterocycles. The average Bonchev–Trinajstić information content (AvgIpc) is 3.24. The minimum absolute atomic E-state index is 0.0427. The van der Waals surface area contributed by atoms with Crippen molar-refractivity contribution in [1.29, 1.82) is 0 Å². The molecule has 0 fully saturated rings. The molecule has 0 bridgehead atoms. The Hall–Kier alpha value is -3.85. The fraction of sp³-hybridized carbons (Fsp3) is 0.370. The molecule has 9 heteroatoms. The number of aliphatic hydroxyl groups is 1. The van der Waals surface area contributed by atoms with Crippen LogP contribution in [0.25, 0.3) is 5.57 Å². The van der Waals surface area contributed by atoms with Gasteiger partial charge in [0, 0.05) is 23.5 Å². The molecule has 9 nitrogen and oxygen atoms in total. The van der Waals surface area contributed by atoms with Crippen LogP contribution in [0.4, 0.5) is 5.69 Å². The van der Waals surface area contributed by atoms with Gasteiger partial charge in [0.15, 0.2) is 0 Å². The van der Waals surface area contributed by atoms with E-state index < -0.39 is 12.1 Å². The standard InChI is InChI=1S/C25H26N2O7.C2H6/c1-4-16-18-7-15(34-10-13(2)25(31)32)5-6-21(18)26-23-19(16)9-27-22(23)8-17(14(3)29)20(24(27)30)11-33-12-28;1-2/h5-8,12,14,23,26,29H,2,4,9-11H2,1,3H3,(H,31,32);1-2H3. The summed E-state index contributed by atoms with van der Waals surface area (Å²) in [4.78, 5) is 35.0. The number of rotatable bonds is 9. The van der Waals surface area contributed by atoms with E-state index in [-0.39, 0.29) is 42.4 Å². The molecule has 0 amide bonds. The SMILES string of the molecule is C=C(COc1ccc2c(c1)C(CC)=C1Cn3c(cc(C(C)O)c(COC=O)c3=O)C1N2)C(=O)O.CC. The zero-order chi connectivity index (χ0) is 26.6. The number of carbonyl (C=O) groups is 2. The van der Waals surface area contributed by atoms with Gasteiger partial charge in [-0.1, -0.05) is 27.4 Å². The van der Waals surface area contributed by atoms with Crippen LogP contribution in [0.5, 0.6) is 5.75 Å². The van der Waals surface area contributed by atoms with Gasteiger partial charge in [-0.3, -0.25) is 9.59 Å². The van der Waals surface area contributed by atoms with Crippen molar-refractivity contribution in [3.8, 4) is 5.75 Å². The predicted octanol–water partition coefficient (Wildman–Crippen LogP) is 3.96. The van der Waals surface area contributed by atoms with Crippen LogP contribution >= 0.6 is 0 Å². The van der Waals surface area contributed by atoms with Crippen LogP contribution in [0, 0.1) is 0 Å². The Morgan fingerprint density at radius 3 is 2.67 bits per heavy atom. The first kappa shape index (κ1) is 26.7. The summed E-state index contributed by atoms with van der Waals surface area (Å²) in [5.41, 5.74) is 4.98. The highest BCUT2D eigenvalue weighted by Gasteiger charge is 2.36. The van der Waals surface area contributed by atoms with Gasteiger partial charge in [0.05, 0.1) is 23.3 Å². The normalized spacial score (nSPS) is 15.9. The van der Waals surface area contributed by atoms with E-state index in [1.165, 1.54) is 0 Å². The number of carbonyl (C=O) groups excluding carboxylic acids is 1.